The Bertz CT molecular complexity index is 1180. The number of rotatable bonds is 12. The summed E-state index contributed by atoms with van der Waals surface area (Å²) >= 11 is 0. The standard InChI is InChI=1S/C27H37N3O6S/c1-18(2)17-30(37(35,36)21-13-11-19(3)12-14-21)23(26(32)33)10-6-7-15-28-27(34)29-25-22-9-5-4-8-20(22)16-24(25)31/h4-5,8-9,11-14,18,23-25,31H,6-7,10,15-17H2,1-3H3,(H,32,33)(H2,28,29,34)/t23-,24-,25+/m0/s1. The van der Waals surface area contributed by atoms with Gasteiger partial charge >= 0.3 is 12.0 Å². The number of carboxylic acid groups (broad SMARTS) is 1. The lowest BCUT2D eigenvalue weighted by Gasteiger charge is -2.29. The zero-order valence-corrected chi connectivity index (χ0v) is 22.4. The number of unbranched alkanes of at least 4 members (excludes halogenated alkanes) is 1. The first-order chi connectivity index (χ1) is 17.5. The number of sulfonamides is 1. The van der Waals surface area contributed by atoms with Gasteiger partial charge in [0.25, 0.3) is 0 Å². The first-order valence-electron chi connectivity index (χ1n) is 12.6. The van der Waals surface area contributed by atoms with E-state index in [2.05, 4.69) is 10.6 Å². The lowest BCUT2D eigenvalue weighted by Crippen LogP contribution is -2.46. The van der Waals surface area contributed by atoms with E-state index in [-0.39, 0.29) is 30.3 Å². The zero-order chi connectivity index (χ0) is 27.2. The molecule has 0 fully saturated rings. The summed E-state index contributed by atoms with van der Waals surface area (Å²) in [5, 5.41) is 25.8. The summed E-state index contributed by atoms with van der Waals surface area (Å²) in [6, 6.07) is 11.8. The molecule has 4 N–H and O–H groups in total. The maximum absolute atomic E-state index is 13.4. The first-order valence-corrected chi connectivity index (χ1v) is 14.1. The zero-order valence-electron chi connectivity index (χ0n) is 21.6. The SMILES string of the molecule is Cc1ccc(S(=O)(=O)N(CC(C)C)[C@@H](CCCCNC(=O)N[C@@H]2c3ccccc3C[C@@H]2O)C(=O)O)cc1. The molecule has 1 aliphatic rings. The number of nitrogens with one attached hydrogen (secondary N) is 2. The van der Waals surface area contributed by atoms with Crippen LogP contribution in [0.1, 0.15) is 55.8 Å². The van der Waals surface area contributed by atoms with Crippen LogP contribution in [0.25, 0.3) is 0 Å². The number of aryl methyl sites for hydroxylation is 1. The highest BCUT2D eigenvalue weighted by Crippen LogP contribution is 2.31. The Morgan fingerprint density at radius 1 is 1.08 bits per heavy atom. The van der Waals surface area contributed by atoms with Crippen LogP contribution < -0.4 is 10.6 Å². The molecule has 3 atom stereocenters. The van der Waals surface area contributed by atoms with Crippen LogP contribution in [0.2, 0.25) is 0 Å². The monoisotopic (exact) mass is 531 g/mol. The summed E-state index contributed by atoms with van der Waals surface area (Å²) < 4.78 is 27.8. The molecule has 2 amide bonds. The third-order valence-corrected chi connectivity index (χ3v) is 8.37. The number of fused-ring (bicyclic) bond motifs is 1. The molecule has 0 heterocycles. The lowest BCUT2D eigenvalue weighted by atomic mass is 10.1. The minimum absolute atomic E-state index is 0.0662. The highest BCUT2D eigenvalue weighted by atomic mass is 32.2. The number of carbonyl (C=O) groups excluding carboxylic acids is 1. The highest BCUT2D eigenvalue weighted by molar-refractivity contribution is 7.89. The summed E-state index contributed by atoms with van der Waals surface area (Å²) in [4.78, 5) is 24.6. The maximum Gasteiger partial charge on any atom is 0.322 e. The van der Waals surface area contributed by atoms with Crippen molar-refractivity contribution in [1.29, 1.82) is 0 Å². The Hall–Kier alpha value is -2.95. The third kappa shape index (κ3) is 7.30. The van der Waals surface area contributed by atoms with Gasteiger partial charge < -0.3 is 20.8 Å². The van der Waals surface area contributed by atoms with Crippen LogP contribution in [0.4, 0.5) is 4.79 Å². The van der Waals surface area contributed by atoms with E-state index in [0.29, 0.717) is 19.3 Å². The van der Waals surface area contributed by atoms with E-state index in [1.165, 1.54) is 12.1 Å². The smallest absolute Gasteiger partial charge is 0.322 e. The van der Waals surface area contributed by atoms with Gasteiger partial charge in [-0.15, -0.1) is 0 Å². The van der Waals surface area contributed by atoms with E-state index in [1.807, 2.05) is 45.0 Å². The van der Waals surface area contributed by atoms with Crippen LogP contribution in [0.15, 0.2) is 53.4 Å². The van der Waals surface area contributed by atoms with Gasteiger partial charge in [0.05, 0.1) is 17.0 Å². The van der Waals surface area contributed by atoms with E-state index in [0.717, 1.165) is 21.0 Å². The molecule has 0 saturated heterocycles. The second kappa shape index (κ2) is 12.5. The Morgan fingerprint density at radius 2 is 1.76 bits per heavy atom. The summed E-state index contributed by atoms with van der Waals surface area (Å²) in [7, 11) is -4.01. The number of carbonyl (C=O) groups is 2. The van der Waals surface area contributed by atoms with Crippen LogP contribution in [0, 0.1) is 12.8 Å². The molecule has 0 aliphatic heterocycles. The Morgan fingerprint density at radius 3 is 2.41 bits per heavy atom. The molecule has 0 saturated carbocycles. The topological polar surface area (TPSA) is 136 Å². The number of benzene rings is 2. The number of urea groups is 1. The molecule has 202 valence electrons. The largest absolute Gasteiger partial charge is 0.480 e. The molecule has 37 heavy (non-hydrogen) atoms. The second-order valence-corrected chi connectivity index (χ2v) is 11.9. The molecule has 2 aromatic rings. The van der Waals surface area contributed by atoms with Gasteiger partial charge in [0.2, 0.25) is 10.0 Å². The minimum Gasteiger partial charge on any atom is -0.480 e. The maximum atomic E-state index is 13.4. The van der Waals surface area contributed by atoms with E-state index in [9.17, 15) is 28.2 Å². The number of amides is 2. The first kappa shape index (κ1) is 28.6. The molecule has 9 nitrogen and oxygen atoms in total. The van der Waals surface area contributed by atoms with Gasteiger partial charge in [-0.1, -0.05) is 55.8 Å². The fourth-order valence-electron chi connectivity index (χ4n) is 4.59. The average molecular weight is 532 g/mol. The Balaban J connectivity index is 1.56. The number of nitrogens with zero attached hydrogens (tertiary/aromatic N) is 1. The van der Waals surface area contributed by atoms with E-state index < -0.39 is 40.2 Å². The fourth-order valence-corrected chi connectivity index (χ4v) is 6.37. The van der Waals surface area contributed by atoms with Crippen LogP contribution in [0.5, 0.6) is 0 Å². The van der Waals surface area contributed by atoms with Crippen LogP contribution >= 0.6 is 0 Å². The molecule has 0 aromatic heterocycles. The average Bonchev–Trinajstić information content (AvgIpc) is 3.15. The van der Waals surface area contributed by atoms with E-state index in [4.69, 9.17) is 0 Å². The van der Waals surface area contributed by atoms with Gasteiger partial charge in [-0.25, -0.2) is 13.2 Å². The van der Waals surface area contributed by atoms with Crippen LogP contribution in [0.3, 0.4) is 0 Å². The normalized spacial score (nSPS) is 18.0. The number of aliphatic hydroxyl groups is 1. The predicted molar refractivity (Wildman–Crippen MR) is 141 cm³/mol. The van der Waals surface area contributed by atoms with Crippen molar-refractivity contribution >= 4 is 22.0 Å². The van der Waals surface area contributed by atoms with Crippen molar-refractivity contribution in [3.05, 3.63) is 65.2 Å². The Labute approximate surface area is 218 Å². The fraction of sp³-hybridized carbons (Fsp3) is 0.481. The molecule has 10 heteroatoms. The molecule has 0 bridgehead atoms. The van der Waals surface area contributed by atoms with Gasteiger partial charge in [-0.2, -0.15) is 4.31 Å². The van der Waals surface area contributed by atoms with Crippen molar-refractivity contribution in [1.82, 2.24) is 14.9 Å². The third-order valence-electron chi connectivity index (χ3n) is 6.49. The molecular weight excluding hydrogens is 494 g/mol. The van der Waals surface area contributed by atoms with Crippen molar-refractivity contribution < 1.29 is 28.2 Å². The van der Waals surface area contributed by atoms with Gasteiger partial charge in [0, 0.05) is 19.5 Å². The molecule has 1 aliphatic carbocycles. The predicted octanol–water partition coefficient (Wildman–Crippen LogP) is 3.22. The number of carboxylic acids is 1. The van der Waals surface area contributed by atoms with Crippen molar-refractivity contribution in [2.24, 2.45) is 5.92 Å². The number of aliphatic hydroxyl groups excluding tert-OH is 1. The van der Waals surface area contributed by atoms with E-state index >= 15 is 0 Å². The lowest BCUT2D eigenvalue weighted by molar-refractivity contribution is -0.141. The molecular formula is C27H37N3O6S. The molecule has 3 rings (SSSR count). The van der Waals surface area contributed by atoms with Crippen LogP contribution in [-0.4, -0.2) is 60.2 Å². The minimum atomic E-state index is -4.01. The summed E-state index contributed by atoms with van der Waals surface area (Å²) in [5.41, 5.74) is 2.81. The van der Waals surface area contributed by atoms with Crippen molar-refractivity contribution in [3.63, 3.8) is 0 Å². The molecule has 0 radical (unpaired) electrons. The molecule has 0 spiro atoms. The molecule has 2 aromatic carbocycles. The quantitative estimate of drug-likeness (QED) is 0.311. The number of aliphatic carboxylic acids is 1. The van der Waals surface area contributed by atoms with Crippen LogP contribution in [-0.2, 0) is 21.2 Å². The van der Waals surface area contributed by atoms with Crippen molar-refractivity contribution in [2.75, 3.05) is 13.1 Å². The summed E-state index contributed by atoms with van der Waals surface area (Å²) in [6.45, 7) is 5.92. The van der Waals surface area contributed by atoms with Crippen molar-refractivity contribution in [3.8, 4) is 0 Å². The van der Waals surface area contributed by atoms with Gasteiger partial charge in [0.15, 0.2) is 0 Å². The highest BCUT2D eigenvalue weighted by Gasteiger charge is 2.36. The second-order valence-electron chi connectivity index (χ2n) is 9.98. The summed E-state index contributed by atoms with van der Waals surface area (Å²) in [6.07, 6.45) is 0.786. The van der Waals surface area contributed by atoms with Gasteiger partial charge in [-0.05, 0) is 55.4 Å². The van der Waals surface area contributed by atoms with Gasteiger partial charge in [-0.3, -0.25) is 4.79 Å². The molecule has 0 unspecified atom stereocenters. The Kier molecular flexibility index (Phi) is 9.69. The van der Waals surface area contributed by atoms with E-state index in [1.54, 1.807) is 12.1 Å². The van der Waals surface area contributed by atoms with Crippen molar-refractivity contribution in [2.45, 2.75) is 69.5 Å². The summed E-state index contributed by atoms with van der Waals surface area (Å²) in [5.74, 6) is -1.26. The number of hydrogen-bond donors (Lipinski definition) is 4. The number of hydrogen-bond acceptors (Lipinski definition) is 5. The van der Waals surface area contributed by atoms with Gasteiger partial charge in [0.1, 0.15) is 6.04 Å².